The van der Waals surface area contributed by atoms with Crippen molar-refractivity contribution in [3.05, 3.63) is 71.2 Å². The highest BCUT2D eigenvalue weighted by atomic mass is 19.1. The molecule has 1 heterocycles. The van der Waals surface area contributed by atoms with Crippen molar-refractivity contribution in [3.63, 3.8) is 0 Å². The number of carbonyl (C=O) groups excluding carboxylic acids is 2. The van der Waals surface area contributed by atoms with E-state index in [0.29, 0.717) is 22.6 Å². The van der Waals surface area contributed by atoms with Gasteiger partial charge in [0.15, 0.2) is 0 Å². The van der Waals surface area contributed by atoms with Crippen LogP contribution < -0.4 is 15.4 Å². The number of rotatable bonds is 4. The first-order valence-electron chi connectivity index (χ1n) is 8.19. The number of benzene rings is 2. The van der Waals surface area contributed by atoms with E-state index in [4.69, 9.17) is 4.74 Å². The quantitative estimate of drug-likeness (QED) is 0.886. The van der Waals surface area contributed by atoms with Crippen molar-refractivity contribution in [1.82, 2.24) is 5.32 Å². The first kappa shape index (κ1) is 17.7. The van der Waals surface area contributed by atoms with E-state index in [-0.39, 0.29) is 18.2 Å². The molecular formula is C20H19FN2O3. The zero-order chi connectivity index (χ0) is 18.7. The Labute approximate surface area is 150 Å². The summed E-state index contributed by atoms with van der Waals surface area (Å²) in [7, 11) is 1.55. The summed E-state index contributed by atoms with van der Waals surface area (Å²) in [6, 6.07) is 11.3. The van der Waals surface area contributed by atoms with Crippen LogP contribution >= 0.6 is 0 Å². The highest BCUT2D eigenvalue weighted by molar-refractivity contribution is 6.06. The lowest BCUT2D eigenvalue weighted by Gasteiger charge is -2.24. The molecule has 0 aromatic heterocycles. The monoisotopic (exact) mass is 354 g/mol. The van der Waals surface area contributed by atoms with Gasteiger partial charge in [-0.25, -0.2) is 4.39 Å². The number of ether oxygens (including phenoxy) is 1. The molecule has 1 aliphatic heterocycles. The van der Waals surface area contributed by atoms with E-state index >= 15 is 0 Å². The van der Waals surface area contributed by atoms with Crippen molar-refractivity contribution in [1.29, 1.82) is 0 Å². The predicted molar refractivity (Wildman–Crippen MR) is 96.3 cm³/mol. The standard InChI is InChI=1S/C20H19FN2O3/c1-12-6-7-15(26-2)9-18(12)23-20(25)17-11-22-19(24)10-16(17)13-4-3-5-14(21)8-13/h3-9,11,16H,10H2,1-2H3,(H,22,24)(H,23,25)/t16-/m0/s1. The van der Waals surface area contributed by atoms with E-state index in [2.05, 4.69) is 10.6 Å². The van der Waals surface area contributed by atoms with Gasteiger partial charge < -0.3 is 15.4 Å². The lowest BCUT2D eigenvalue weighted by atomic mass is 9.86. The van der Waals surface area contributed by atoms with Crippen LogP contribution in [-0.4, -0.2) is 18.9 Å². The molecule has 5 nitrogen and oxygen atoms in total. The maximum absolute atomic E-state index is 13.6. The third-order valence-electron chi connectivity index (χ3n) is 4.36. The van der Waals surface area contributed by atoms with Gasteiger partial charge in [-0.05, 0) is 36.2 Å². The molecule has 26 heavy (non-hydrogen) atoms. The lowest BCUT2D eigenvalue weighted by molar-refractivity contribution is -0.121. The van der Waals surface area contributed by atoms with Crippen LogP contribution in [0.2, 0.25) is 0 Å². The number of carbonyl (C=O) groups is 2. The average molecular weight is 354 g/mol. The Hall–Kier alpha value is -3.15. The van der Waals surface area contributed by atoms with Gasteiger partial charge in [-0.15, -0.1) is 0 Å². The first-order valence-corrected chi connectivity index (χ1v) is 8.19. The van der Waals surface area contributed by atoms with E-state index in [0.717, 1.165) is 5.56 Å². The van der Waals surface area contributed by atoms with Crippen LogP contribution in [0.15, 0.2) is 54.2 Å². The Balaban J connectivity index is 1.90. The second-order valence-electron chi connectivity index (χ2n) is 6.11. The number of hydrogen-bond acceptors (Lipinski definition) is 3. The number of anilines is 1. The van der Waals surface area contributed by atoms with E-state index < -0.39 is 11.7 Å². The number of halogens is 1. The van der Waals surface area contributed by atoms with Gasteiger partial charge in [-0.1, -0.05) is 18.2 Å². The van der Waals surface area contributed by atoms with Gasteiger partial charge in [0, 0.05) is 35.9 Å². The van der Waals surface area contributed by atoms with Crippen LogP contribution in [-0.2, 0) is 9.59 Å². The summed E-state index contributed by atoms with van der Waals surface area (Å²) < 4.78 is 18.8. The molecule has 3 rings (SSSR count). The highest BCUT2D eigenvalue weighted by Gasteiger charge is 2.29. The van der Waals surface area contributed by atoms with Gasteiger partial charge in [-0.2, -0.15) is 0 Å². The second-order valence-corrected chi connectivity index (χ2v) is 6.11. The summed E-state index contributed by atoms with van der Waals surface area (Å²) in [5, 5.41) is 5.42. The molecular weight excluding hydrogens is 335 g/mol. The zero-order valence-electron chi connectivity index (χ0n) is 14.5. The fourth-order valence-electron chi connectivity index (χ4n) is 2.91. The summed E-state index contributed by atoms with van der Waals surface area (Å²) >= 11 is 0. The van der Waals surface area contributed by atoms with Crippen molar-refractivity contribution in [2.24, 2.45) is 0 Å². The number of hydrogen-bond donors (Lipinski definition) is 2. The maximum atomic E-state index is 13.6. The minimum absolute atomic E-state index is 0.0831. The van der Waals surface area contributed by atoms with Gasteiger partial charge in [0.25, 0.3) is 5.91 Å². The molecule has 134 valence electrons. The molecule has 0 fully saturated rings. The Morgan fingerprint density at radius 3 is 2.81 bits per heavy atom. The van der Waals surface area contributed by atoms with Crippen molar-refractivity contribution < 1.29 is 18.7 Å². The van der Waals surface area contributed by atoms with Gasteiger partial charge in [0.1, 0.15) is 11.6 Å². The summed E-state index contributed by atoms with van der Waals surface area (Å²) in [6.45, 7) is 1.87. The Morgan fingerprint density at radius 1 is 1.27 bits per heavy atom. The molecule has 2 N–H and O–H groups in total. The lowest BCUT2D eigenvalue weighted by Crippen LogP contribution is -2.32. The molecule has 1 atom stereocenters. The Kier molecular flexibility index (Phi) is 5.02. The largest absolute Gasteiger partial charge is 0.497 e. The molecule has 6 heteroatoms. The van der Waals surface area contributed by atoms with Crippen LogP contribution in [0.25, 0.3) is 0 Å². The molecule has 0 saturated heterocycles. The van der Waals surface area contributed by atoms with Gasteiger partial charge in [0.2, 0.25) is 5.91 Å². The first-order chi connectivity index (χ1) is 12.5. The normalized spacial score (nSPS) is 16.5. The number of aryl methyl sites for hydroxylation is 1. The van der Waals surface area contributed by atoms with Crippen LogP contribution in [0.1, 0.15) is 23.5 Å². The zero-order valence-corrected chi connectivity index (χ0v) is 14.5. The molecule has 0 radical (unpaired) electrons. The second kappa shape index (κ2) is 7.39. The third-order valence-corrected chi connectivity index (χ3v) is 4.36. The molecule has 2 aromatic carbocycles. The minimum atomic E-state index is -0.509. The summed E-state index contributed by atoms with van der Waals surface area (Å²) in [5.74, 6) is -0.857. The average Bonchev–Trinajstić information content (AvgIpc) is 2.63. The summed E-state index contributed by atoms with van der Waals surface area (Å²) in [5.41, 5.74) is 2.45. The fourth-order valence-corrected chi connectivity index (χ4v) is 2.91. The molecule has 0 aliphatic carbocycles. The number of amides is 2. The molecule has 0 spiro atoms. The van der Waals surface area contributed by atoms with Crippen molar-refractivity contribution in [2.45, 2.75) is 19.3 Å². The van der Waals surface area contributed by atoms with Gasteiger partial charge in [-0.3, -0.25) is 9.59 Å². The minimum Gasteiger partial charge on any atom is -0.497 e. The molecule has 2 aromatic rings. The van der Waals surface area contributed by atoms with Crippen LogP contribution in [0.5, 0.6) is 5.75 Å². The fraction of sp³-hybridized carbons (Fsp3) is 0.200. The number of nitrogens with one attached hydrogen (secondary N) is 2. The van der Waals surface area contributed by atoms with E-state index in [9.17, 15) is 14.0 Å². The molecule has 1 aliphatic rings. The molecule has 0 unspecified atom stereocenters. The smallest absolute Gasteiger partial charge is 0.253 e. The summed E-state index contributed by atoms with van der Waals surface area (Å²) in [6.07, 6.45) is 1.48. The molecule has 2 amide bonds. The third kappa shape index (κ3) is 3.74. The Morgan fingerprint density at radius 2 is 2.08 bits per heavy atom. The van der Waals surface area contributed by atoms with E-state index in [1.165, 1.54) is 18.3 Å². The van der Waals surface area contributed by atoms with Crippen molar-refractivity contribution in [3.8, 4) is 5.75 Å². The van der Waals surface area contributed by atoms with E-state index in [1.807, 2.05) is 13.0 Å². The van der Waals surface area contributed by atoms with Crippen molar-refractivity contribution in [2.75, 3.05) is 12.4 Å². The Bertz CT molecular complexity index is 892. The van der Waals surface area contributed by atoms with Gasteiger partial charge >= 0.3 is 0 Å². The molecule has 0 saturated carbocycles. The topological polar surface area (TPSA) is 67.4 Å². The maximum Gasteiger partial charge on any atom is 0.253 e. The van der Waals surface area contributed by atoms with Crippen LogP contribution in [0, 0.1) is 12.7 Å². The highest BCUT2D eigenvalue weighted by Crippen LogP contribution is 2.32. The van der Waals surface area contributed by atoms with Crippen LogP contribution in [0.3, 0.4) is 0 Å². The van der Waals surface area contributed by atoms with Crippen LogP contribution in [0.4, 0.5) is 10.1 Å². The number of methoxy groups -OCH3 is 1. The summed E-state index contributed by atoms with van der Waals surface area (Å²) in [4.78, 5) is 24.6. The molecule has 0 bridgehead atoms. The predicted octanol–water partition coefficient (Wildman–Crippen LogP) is 3.27. The SMILES string of the molecule is COc1ccc(C)c(NC(=O)C2=CNC(=O)C[C@H]2c2cccc(F)c2)c1. The van der Waals surface area contributed by atoms with E-state index in [1.54, 1.807) is 31.4 Å². The van der Waals surface area contributed by atoms with Crippen molar-refractivity contribution >= 4 is 17.5 Å². The van der Waals surface area contributed by atoms with Gasteiger partial charge in [0.05, 0.1) is 7.11 Å².